The van der Waals surface area contributed by atoms with Crippen LogP contribution in [0.25, 0.3) is 16.6 Å². The molecule has 1 atom stereocenters. The summed E-state index contributed by atoms with van der Waals surface area (Å²) in [7, 11) is 0. The predicted octanol–water partition coefficient (Wildman–Crippen LogP) is 5.33. The van der Waals surface area contributed by atoms with Crippen molar-refractivity contribution in [3.05, 3.63) is 77.7 Å². The third-order valence-electron chi connectivity index (χ3n) is 4.72. The van der Waals surface area contributed by atoms with Crippen molar-refractivity contribution >= 4 is 28.4 Å². The fourth-order valence-corrected chi connectivity index (χ4v) is 4.29. The summed E-state index contributed by atoms with van der Waals surface area (Å²) in [6.07, 6.45) is 5.54. The monoisotopic (exact) mass is 375 g/mol. The van der Waals surface area contributed by atoms with Gasteiger partial charge < -0.3 is 4.98 Å². The van der Waals surface area contributed by atoms with E-state index >= 15 is 0 Å². The molecule has 2 aromatic heterocycles. The molecule has 0 amide bonds. The van der Waals surface area contributed by atoms with Gasteiger partial charge in [0.15, 0.2) is 10.9 Å². The molecule has 0 fully saturated rings. The van der Waals surface area contributed by atoms with E-state index in [-0.39, 0.29) is 11.0 Å². The first-order valence-electron chi connectivity index (χ1n) is 8.92. The molecule has 0 radical (unpaired) electrons. The van der Waals surface area contributed by atoms with E-state index < -0.39 is 0 Å². The lowest BCUT2D eigenvalue weighted by Gasteiger charge is -2.14. The maximum absolute atomic E-state index is 13.0. The molecule has 0 bridgehead atoms. The van der Waals surface area contributed by atoms with E-state index in [2.05, 4.69) is 46.6 Å². The molecule has 136 valence electrons. The van der Waals surface area contributed by atoms with Gasteiger partial charge >= 0.3 is 0 Å². The normalized spacial score (nSPS) is 12.4. The molecule has 4 rings (SSSR count). The number of benzene rings is 2. The smallest absolute Gasteiger partial charge is 0.178 e. The largest absolute Gasteiger partial charge is 0.360 e. The highest BCUT2D eigenvalue weighted by atomic mass is 32.2. The third kappa shape index (κ3) is 3.30. The second kappa shape index (κ2) is 7.08. The Morgan fingerprint density at radius 1 is 1.19 bits per heavy atom. The van der Waals surface area contributed by atoms with E-state index in [9.17, 15) is 4.79 Å². The van der Waals surface area contributed by atoms with Gasteiger partial charge in [0.05, 0.1) is 10.9 Å². The van der Waals surface area contributed by atoms with E-state index in [4.69, 9.17) is 0 Å². The zero-order valence-corrected chi connectivity index (χ0v) is 16.4. The van der Waals surface area contributed by atoms with E-state index in [1.807, 2.05) is 37.4 Å². The summed E-state index contributed by atoms with van der Waals surface area (Å²) in [5.41, 5.74) is 5.22. The SMILES string of the molecule is Cc1ccc(-n2ccnc2SC(C)C(=O)c2c[nH]c3ccccc23)c(C)c1. The van der Waals surface area contributed by atoms with Gasteiger partial charge in [-0.25, -0.2) is 4.98 Å². The number of H-pyrrole nitrogens is 1. The molecule has 4 aromatic rings. The van der Waals surface area contributed by atoms with Gasteiger partial charge in [-0.3, -0.25) is 9.36 Å². The zero-order chi connectivity index (χ0) is 19.0. The zero-order valence-electron chi connectivity index (χ0n) is 15.6. The van der Waals surface area contributed by atoms with Gasteiger partial charge in [0, 0.05) is 35.1 Å². The molecule has 4 nitrogen and oxygen atoms in total. The number of hydrogen-bond donors (Lipinski definition) is 1. The summed E-state index contributed by atoms with van der Waals surface area (Å²) in [5.74, 6) is 0.104. The maximum atomic E-state index is 13.0. The molecule has 2 heterocycles. The second-order valence-corrected chi connectivity index (χ2v) is 8.05. The van der Waals surface area contributed by atoms with Gasteiger partial charge in [0.1, 0.15) is 0 Å². The average Bonchev–Trinajstić information content (AvgIpc) is 3.28. The van der Waals surface area contributed by atoms with Crippen LogP contribution in [0.4, 0.5) is 0 Å². The van der Waals surface area contributed by atoms with Crippen LogP contribution in [0.5, 0.6) is 0 Å². The molecule has 0 aliphatic heterocycles. The van der Waals surface area contributed by atoms with Crippen LogP contribution in [-0.2, 0) is 0 Å². The van der Waals surface area contributed by atoms with Gasteiger partial charge in [0.2, 0.25) is 0 Å². The molecule has 27 heavy (non-hydrogen) atoms. The number of fused-ring (bicyclic) bond motifs is 1. The fraction of sp³-hybridized carbons (Fsp3) is 0.182. The number of aromatic nitrogens is 3. The lowest BCUT2D eigenvalue weighted by molar-refractivity contribution is 0.0995. The van der Waals surface area contributed by atoms with Gasteiger partial charge in [0.25, 0.3) is 0 Å². The average molecular weight is 375 g/mol. The van der Waals surface area contributed by atoms with Crippen molar-refractivity contribution in [2.24, 2.45) is 0 Å². The summed E-state index contributed by atoms with van der Waals surface area (Å²) in [5, 5.41) is 1.55. The number of Topliss-reactive ketones (excluding diaryl/α,β-unsaturated/α-hetero) is 1. The summed E-state index contributed by atoms with van der Waals surface area (Å²) >= 11 is 1.49. The first-order chi connectivity index (χ1) is 13.0. The Balaban J connectivity index is 1.61. The number of ketones is 1. The van der Waals surface area contributed by atoms with Crippen molar-refractivity contribution in [3.63, 3.8) is 0 Å². The Kier molecular flexibility index (Phi) is 4.62. The lowest BCUT2D eigenvalue weighted by Crippen LogP contribution is -2.14. The van der Waals surface area contributed by atoms with E-state index in [0.29, 0.717) is 0 Å². The number of imidazole rings is 1. The van der Waals surface area contributed by atoms with Gasteiger partial charge in [-0.15, -0.1) is 0 Å². The molecule has 2 aromatic carbocycles. The van der Waals surface area contributed by atoms with Crippen LogP contribution in [0.15, 0.2) is 66.2 Å². The molecule has 0 saturated heterocycles. The minimum absolute atomic E-state index is 0.104. The number of carbonyl (C=O) groups excluding carboxylic acids is 1. The van der Waals surface area contributed by atoms with Gasteiger partial charge in [-0.05, 0) is 38.5 Å². The molecule has 5 heteroatoms. The number of thioether (sulfide) groups is 1. The highest BCUT2D eigenvalue weighted by molar-refractivity contribution is 8.00. The number of nitrogens with zero attached hydrogens (tertiary/aromatic N) is 2. The van der Waals surface area contributed by atoms with Crippen molar-refractivity contribution in [1.29, 1.82) is 0 Å². The highest BCUT2D eigenvalue weighted by Gasteiger charge is 2.22. The highest BCUT2D eigenvalue weighted by Crippen LogP contribution is 2.29. The number of aromatic amines is 1. The fourth-order valence-electron chi connectivity index (χ4n) is 3.34. The topological polar surface area (TPSA) is 50.7 Å². The minimum Gasteiger partial charge on any atom is -0.360 e. The predicted molar refractivity (Wildman–Crippen MR) is 111 cm³/mol. The van der Waals surface area contributed by atoms with Crippen molar-refractivity contribution in [3.8, 4) is 5.69 Å². The molecular formula is C22H21N3OS. The molecule has 1 N–H and O–H groups in total. The van der Waals surface area contributed by atoms with Crippen molar-refractivity contribution in [2.45, 2.75) is 31.2 Å². The van der Waals surface area contributed by atoms with Crippen LogP contribution in [0.2, 0.25) is 0 Å². The number of aryl methyl sites for hydroxylation is 2. The van der Waals surface area contributed by atoms with Crippen LogP contribution >= 0.6 is 11.8 Å². The Morgan fingerprint density at radius 3 is 2.81 bits per heavy atom. The van der Waals surface area contributed by atoms with E-state index in [1.165, 1.54) is 22.9 Å². The lowest BCUT2D eigenvalue weighted by atomic mass is 10.1. The Bertz CT molecular complexity index is 1130. The first kappa shape index (κ1) is 17.6. The Morgan fingerprint density at radius 2 is 2.00 bits per heavy atom. The quantitative estimate of drug-likeness (QED) is 0.379. The molecule has 0 saturated carbocycles. The van der Waals surface area contributed by atoms with Gasteiger partial charge in [-0.2, -0.15) is 0 Å². The number of carbonyl (C=O) groups is 1. The summed E-state index contributed by atoms with van der Waals surface area (Å²) < 4.78 is 2.05. The number of hydrogen-bond acceptors (Lipinski definition) is 3. The first-order valence-corrected chi connectivity index (χ1v) is 9.80. The summed E-state index contributed by atoms with van der Waals surface area (Å²) in [6, 6.07) is 14.2. The summed E-state index contributed by atoms with van der Waals surface area (Å²) in [4.78, 5) is 20.7. The number of para-hydroxylation sites is 1. The van der Waals surface area contributed by atoms with Crippen LogP contribution < -0.4 is 0 Å². The molecular weight excluding hydrogens is 354 g/mol. The Labute approximate surface area is 162 Å². The van der Waals surface area contributed by atoms with Crippen LogP contribution in [-0.4, -0.2) is 25.6 Å². The minimum atomic E-state index is -0.240. The van der Waals surface area contributed by atoms with Crippen molar-refractivity contribution in [1.82, 2.24) is 14.5 Å². The summed E-state index contributed by atoms with van der Waals surface area (Å²) in [6.45, 7) is 6.12. The third-order valence-corrected chi connectivity index (χ3v) is 5.81. The van der Waals surface area contributed by atoms with Crippen LogP contribution in [0, 0.1) is 13.8 Å². The molecule has 0 aliphatic rings. The molecule has 0 spiro atoms. The number of rotatable bonds is 5. The Hall–Kier alpha value is -2.79. The standard InChI is InChI=1S/C22H21N3OS/c1-14-8-9-20(15(2)12-14)25-11-10-23-22(25)27-16(3)21(26)18-13-24-19-7-5-4-6-17(18)19/h4-13,16,24H,1-3H3. The van der Waals surface area contributed by atoms with Crippen LogP contribution in [0.1, 0.15) is 28.4 Å². The van der Waals surface area contributed by atoms with E-state index in [0.717, 1.165) is 27.3 Å². The molecule has 1 unspecified atom stereocenters. The second-order valence-electron chi connectivity index (χ2n) is 6.74. The van der Waals surface area contributed by atoms with Crippen molar-refractivity contribution in [2.75, 3.05) is 0 Å². The number of nitrogens with one attached hydrogen (secondary N) is 1. The van der Waals surface area contributed by atoms with E-state index in [1.54, 1.807) is 12.4 Å². The van der Waals surface area contributed by atoms with Crippen molar-refractivity contribution < 1.29 is 4.79 Å². The van der Waals surface area contributed by atoms with Gasteiger partial charge in [-0.1, -0.05) is 47.7 Å². The van der Waals surface area contributed by atoms with Crippen LogP contribution in [0.3, 0.4) is 0 Å². The maximum Gasteiger partial charge on any atom is 0.178 e. The molecule has 0 aliphatic carbocycles.